The lowest BCUT2D eigenvalue weighted by Crippen LogP contribution is -2.60. The summed E-state index contributed by atoms with van der Waals surface area (Å²) < 4.78 is 9.39. The molecule has 0 radical (unpaired) electrons. The maximum Gasteiger partial charge on any atom is 0.345 e. The zero-order chi connectivity index (χ0) is 52.8. The van der Waals surface area contributed by atoms with Crippen LogP contribution < -0.4 is 21.4 Å². The summed E-state index contributed by atoms with van der Waals surface area (Å²) in [7, 11) is -3.72. The summed E-state index contributed by atoms with van der Waals surface area (Å²) in [5.41, 5.74) is 16.4. The molecule has 5 heterocycles. The summed E-state index contributed by atoms with van der Waals surface area (Å²) in [5.74, 6) is 0.844. The van der Waals surface area contributed by atoms with Gasteiger partial charge in [0.25, 0.3) is 0 Å². The smallest absolute Gasteiger partial charge is 0.345 e. The number of nitrogens with zero attached hydrogens (tertiary/aromatic N) is 14. The number of nitrogens with one attached hydrogen (secondary N) is 1. The molecule has 0 spiro atoms. The van der Waals surface area contributed by atoms with Crippen LogP contribution in [-0.4, -0.2) is 132 Å². The molecule has 0 saturated carbocycles. The standard InChI is InChI=1S/C11H23BrN4O3Si2.C5H5Br2N3O3.C5H7BrN4O3.C5H9BrN4O.C3HBr2N3O2/c1-20(2,3)16(21(4,5)6)11-9(15(18)19)10(12)13-14(11)7-8-17;2*6-4-3(10(12)13)5(7)9(8-4)1-2-11;6-4-3(7)5(8)10(9-4)1-2-11;4-2-1(8(9)10)3(5)7-6-2/h17H,7-8H2,1-6H3;11H,1-2H2;11H,1-2,7H2;11H,1-2,7-8H2;(H,6,7). The summed E-state index contributed by atoms with van der Waals surface area (Å²) in [6, 6.07) is 0. The Morgan fingerprint density at radius 3 is 1.21 bits per heavy atom. The lowest BCUT2D eigenvalue weighted by molar-refractivity contribution is -0.386. The lowest BCUT2D eigenvalue weighted by atomic mass is 10.5. The van der Waals surface area contributed by atoms with Gasteiger partial charge in [0, 0.05) is 0 Å². The van der Waals surface area contributed by atoms with Gasteiger partial charge in [0.05, 0.1) is 72.3 Å². The number of aliphatic hydroxyl groups is 4. The van der Waals surface area contributed by atoms with Crippen LogP contribution in [0.1, 0.15) is 0 Å². The first-order chi connectivity index (χ1) is 31.3. The van der Waals surface area contributed by atoms with Gasteiger partial charge >= 0.3 is 22.7 Å². The largest absolute Gasteiger partial charge is 0.404 e. The van der Waals surface area contributed by atoms with E-state index < -0.39 is 36.2 Å². The molecule has 380 valence electrons. The highest BCUT2D eigenvalue weighted by atomic mass is 79.9. The van der Waals surface area contributed by atoms with Gasteiger partial charge in [-0.1, -0.05) is 39.3 Å². The number of halogens is 7. The molecule has 68 heavy (non-hydrogen) atoms. The van der Waals surface area contributed by atoms with Crippen LogP contribution in [0.5, 0.6) is 0 Å². The van der Waals surface area contributed by atoms with Gasteiger partial charge in [0.15, 0.2) is 19.6 Å². The molecular weight excluding hydrogens is 1410 g/mol. The van der Waals surface area contributed by atoms with Gasteiger partial charge in [-0.15, -0.1) is 0 Å². The first-order valence-electron chi connectivity index (χ1n) is 18.5. The van der Waals surface area contributed by atoms with E-state index in [9.17, 15) is 45.6 Å². The molecule has 30 nitrogen and oxygen atoms in total. The van der Waals surface area contributed by atoms with Crippen molar-refractivity contribution in [3.05, 3.63) is 72.7 Å². The maximum absolute atomic E-state index is 11.5. The quantitative estimate of drug-likeness (QED) is 0.0333. The predicted molar refractivity (Wildman–Crippen MR) is 279 cm³/mol. The summed E-state index contributed by atoms with van der Waals surface area (Å²) in [6.07, 6.45) is 0. The van der Waals surface area contributed by atoms with Crippen molar-refractivity contribution in [3.8, 4) is 0 Å². The predicted octanol–water partition coefficient (Wildman–Crippen LogP) is 6.10. The number of hydrogen-bond acceptors (Lipinski definition) is 21. The molecule has 0 atom stereocenters. The first kappa shape index (κ1) is 62.5. The van der Waals surface area contributed by atoms with E-state index in [1.54, 1.807) is 4.68 Å². The molecule has 0 bridgehead atoms. The van der Waals surface area contributed by atoms with E-state index in [4.69, 9.17) is 32.5 Å². The SMILES string of the molecule is C[Si](C)(C)N(c1c([N+](=O)[O-])c(Br)nn1CCO)[Si](C)(C)C.Nc1c(Br)nn(CCO)c1N.Nc1c([N+](=O)[O-])c(Br)nn1CCO.O=[N+]([O-])c1c(Br)n[nH]c1Br.O=[N+]([O-])c1c(Br)nn(CCO)c1Br. The lowest BCUT2D eigenvalue weighted by Gasteiger charge is -2.44. The van der Waals surface area contributed by atoms with Crippen LogP contribution in [0.15, 0.2) is 32.2 Å². The second-order valence-corrected chi connectivity index (χ2v) is 30.0. The van der Waals surface area contributed by atoms with Crippen LogP contribution in [0.25, 0.3) is 0 Å². The van der Waals surface area contributed by atoms with Crippen LogP contribution in [0, 0.1) is 40.5 Å². The second kappa shape index (κ2) is 27.8. The number of aromatic amines is 1. The molecular formula is C29H45Br7N18O12Si2. The fraction of sp³-hybridized carbons (Fsp3) is 0.483. The number of anilines is 4. The minimum absolute atomic E-state index is 0.00222. The van der Waals surface area contributed by atoms with Crippen molar-refractivity contribution in [2.24, 2.45) is 0 Å². The van der Waals surface area contributed by atoms with Crippen LogP contribution in [0.3, 0.4) is 0 Å². The van der Waals surface area contributed by atoms with Crippen molar-refractivity contribution >= 4 is 174 Å². The Labute approximate surface area is 445 Å². The van der Waals surface area contributed by atoms with E-state index >= 15 is 0 Å². The molecule has 0 aliphatic carbocycles. The topological polar surface area (TPSA) is 435 Å². The van der Waals surface area contributed by atoms with Crippen molar-refractivity contribution in [1.29, 1.82) is 0 Å². The number of H-pyrrole nitrogens is 1. The highest BCUT2D eigenvalue weighted by Crippen LogP contribution is 2.40. The number of rotatable bonds is 15. The molecule has 0 aliphatic rings. The Balaban J connectivity index is 0.000000437. The molecule has 0 amide bonds. The Morgan fingerprint density at radius 1 is 0.529 bits per heavy atom. The summed E-state index contributed by atoms with van der Waals surface area (Å²) in [6.45, 7) is 13.6. The Bertz CT molecular complexity index is 2430. The van der Waals surface area contributed by atoms with Gasteiger partial charge in [-0.3, -0.25) is 45.6 Å². The molecule has 0 fully saturated rings. The number of hydrogen-bond donors (Lipinski definition) is 8. The molecule has 5 aromatic heterocycles. The van der Waals surface area contributed by atoms with E-state index in [2.05, 4.69) is 186 Å². The van der Waals surface area contributed by atoms with E-state index in [1.165, 1.54) is 14.0 Å². The Morgan fingerprint density at radius 2 is 0.882 bits per heavy atom. The van der Waals surface area contributed by atoms with Crippen molar-refractivity contribution in [2.45, 2.75) is 65.5 Å². The zero-order valence-electron chi connectivity index (χ0n) is 36.4. The van der Waals surface area contributed by atoms with Crippen LogP contribution >= 0.6 is 112 Å². The van der Waals surface area contributed by atoms with E-state index in [0.29, 0.717) is 28.5 Å². The van der Waals surface area contributed by atoms with Crippen LogP contribution in [0.4, 0.5) is 45.9 Å². The fourth-order valence-electron chi connectivity index (χ4n) is 5.53. The normalized spacial score (nSPS) is 11.0. The monoisotopic (exact) mass is 1450 g/mol. The molecule has 0 aromatic carbocycles. The first-order valence-corrected chi connectivity index (χ1v) is 31.0. The third-order valence-corrected chi connectivity index (χ3v) is 19.0. The second-order valence-electron chi connectivity index (χ2n) is 14.7. The highest BCUT2D eigenvalue weighted by molar-refractivity contribution is 9.12. The summed E-state index contributed by atoms with van der Waals surface area (Å²) in [4.78, 5) is 40.5. The third kappa shape index (κ3) is 17.1. The number of nitro groups is 4. The number of aliphatic hydroxyl groups excluding tert-OH is 4. The van der Waals surface area contributed by atoms with Gasteiger partial charge in [0.1, 0.15) is 28.0 Å². The number of nitrogen functional groups attached to an aromatic ring is 3. The van der Waals surface area contributed by atoms with Gasteiger partial charge < -0.3 is 41.9 Å². The number of nitrogens with two attached hydrogens (primary N) is 3. The van der Waals surface area contributed by atoms with E-state index in [1.807, 2.05) is 0 Å². The van der Waals surface area contributed by atoms with E-state index in [-0.39, 0.29) is 102 Å². The summed E-state index contributed by atoms with van der Waals surface area (Å²) in [5, 5.41) is 99.2. The van der Waals surface area contributed by atoms with Gasteiger partial charge in [-0.25, -0.2) is 18.7 Å². The van der Waals surface area contributed by atoms with Gasteiger partial charge in [-0.05, 0) is 112 Å². The van der Waals surface area contributed by atoms with Crippen molar-refractivity contribution in [2.75, 3.05) is 47.9 Å². The van der Waals surface area contributed by atoms with Crippen LogP contribution in [-0.2, 0) is 26.2 Å². The van der Waals surface area contributed by atoms with E-state index in [0.717, 1.165) is 0 Å². The fourth-order valence-corrected chi connectivity index (χ4v) is 19.2. The average molecular weight is 1450 g/mol. The molecule has 39 heteroatoms. The third-order valence-electron chi connectivity index (χ3n) is 7.78. The summed E-state index contributed by atoms with van der Waals surface area (Å²) >= 11 is 21.0. The minimum Gasteiger partial charge on any atom is -0.404 e. The van der Waals surface area contributed by atoms with Crippen LogP contribution in [0.2, 0.25) is 39.3 Å². The minimum atomic E-state index is -1.86. The molecule has 11 N–H and O–H groups in total. The number of aromatic nitrogens is 10. The maximum atomic E-state index is 11.5. The van der Waals surface area contributed by atoms with Crippen molar-refractivity contribution in [1.82, 2.24) is 49.3 Å². The molecule has 5 aromatic rings. The molecule has 5 rings (SSSR count). The Kier molecular flexibility index (Phi) is 25.5. The zero-order valence-corrected chi connectivity index (χ0v) is 49.5. The molecule has 0 unspecified atom stereocenters. The van der Waals surface area contributed by atoms with Crippen molar-refractivity contribution in [3.63, 3.8) is 0 Å². The molecule has 0 aliphatic heterocycles. The van der Waals surface area contributed by atoms with Crippen molar-refractivity contribution < 1.29 is 40.1 Å². The molecule has 0 saturated heterocycles. The van der Waals surface area contributed by atoms with Gasteiger partial charge in [-0.2, -0.15) is 25.5 Å². The average Bonchev–Trinajstić information content (AvgIpc) is 3.95. The van der Waals surface area contributed by atoms with Gasteiger partial charge in [0.2, 0.25) is 24.2 Å². The highest BCUT2D eigenvalue weighted by Gasteiger charge is 2.42. The Hall–Kier alpha value is -3.52.